The summed E-state index contributed by atoms with van der Waals surface area (Å²) < 4.78 is 5.29. The van der Waals surface area contributed by atoms with Crippen LogP contribution in [0.15, 0.2) is 12.1 Å². The average Bonchev–Trinajstić information content (AvgIpc) is 2.33. The molecule has 0 aliphatic carbocycles. The normalized spacial score (nSPS) is 20.4. The van der Waals surface area contributed by atoms with E-state index < -0.39 is 6.10 Å². The molecule has 0 amide bonds. The van der Waals surface area contributed by atoms with E-state index in [9.17, 15) is 5.11 Å². The number of benzene rings is 1. The molecule has 0 fully saturated rings. The molecule has 1 unspecified atom stereocenters. The number of aryl methyl sites for hydroxylation is 1. The first kappa shape index (κ1) is 7.90. The largest absolute Gasteiger partial charge is 0.490 e. The molecule has 1 heterocycles. The van der Waals surface area contributed by atoms with E-state index in [-0.39, 0.29) is 0 Å². The van der Waals surface area contributed by atoms with Crippen LogP contribution >= 0.6 is 11.6 Å². The van der Waals surface area contributed by atoms with Crippen LogP contribution in [0, 0.1) is 6.92 Å². The third kappa shape index (κ3) is 1.08. The van der Waals surface area contributed by atoms with Gasteiger partial charge in [-0.05, 0) is 24.6 Å². The molecule has 0 saturated heterocycles. The molecule has 1 aliphatic heterocycles. The molecule has 1 aromatic rings. The van der Waals surface area contributed by atoms with Crippen molar-refractivity contribution < 1.29 is 9.84 Å². The fourth-order valence-electron chi connectivity index (χ4n) is 1.45. The predicted molar refractivity (Wildman–Crippen MR) is 46.6 cm³/mol. The Labute approximate surface area is 75.7 Å². The van der Waals surface area contributed by atoms with Crippen LogP contribution in [0.1, 0.15) is 17.2 Å². The summed E-state index contributed by atoms with van der Waals surface area (Å²) in [5.74, 6) is 0.784. The lowest BCUT2D eigenvalue weighted by Gasteiger charge is -2.03. The van der Waals surface area contributed by atoms with Crippen molar-refractivity contribution in [2.45, 2.75) is 13.0 Å². The summed E-state index contributed by atoms with van der Waals surface area (Å²) in [6.45, 7) is 2.26. The smallest absolute Gasteiger partial charge is 0.128 e. The van der Waals surface area contributed by atoms with Gasteiger partial charge in [0, 0.05) is 10.6 Å². The van der Waals surface area contributed by atoms with Crippen LogP contribution in [-0.2, 0) is 0 Å². The first-order chi connectivity index (χ1) is 5.68. The van der Waals surface area contributed by atoms with Gasteiger partial charge in [-0.3, -0.25) is 0 Å². The number of fused-ring (bicyclic) bond motifs is 1. The molecular formula is C9H9ClO2. The van der Waals surface area contributed by atoms with Gasteiger partial charge in [-0.1, -0.05) is 11.6 Å². The van der Waals surface area contributed by atoms with Gasteiger partial charge in [-0.2, -0.15) is 0 Å². The number of aliphatic hydroxyl groups is 1. The molecule has 12 heavy (non-hydrogen) atoms. The van der Waals surface area contributed by atoms with Crippen molar-refractivity contribution in [2.24, 2.45) is 0 Å². The fraction of sp³-hybridized carbons (Fsp3) is 0.333. The van der Waals surface area contributed by atoms with Crippen molar-refractivity contribution in [3.8, 4) is 5.75 Å². The van der Waals surface area contributed by atoms with Crippen LogP contribution in [-0.4, -0.2) is 11.7 Å². The lowest BCUT2D eigenvalue weighted by Crippen LogP contribution is -1.97. The molecule has 0 aromatic heterocycles. The summed E-state index contributed by atoms with van der Waals surface area (Å²) in [5.41, 5.74) is 1.79. The molecule has 0 radical (unpaired) electrons. The van der Waals surface area contributed by atoms with Gasteiger partial charge in [-0.15, -0.1) is 0 Å². The topological polar surface area (TPSA) is 29.5 Å². The van der Waals surface area contributed by atoms with Gasteiger partial charge in [0.2, 0.25) is 0 Å². The van der Waals surface area contributed by atoms with E-state index in [2.05, 4.69) is 0 Å². The molecule has 2 nitrogen and oxygen atoms in total. The van der Waals surface area contributed by atoms with Crippen molar-refractivity contribution >= 4 is 11.6 Å². The Bertz CT molecular complexity index is 323. The van der Waals surface area contributed by atoms with Crippen molar-refractivity contribution in [1.82, 2.24) is 0 Å². The summed E-state index contributed by atoms with van der Waals surface area (Å²) in [4.78, 5) is 0. The Morgan fingerprint density at radius 3 is 3.08 bits per heavy atom. The van der Waals surface area contributed by atoms with Crippen LogP contribution in [0.4, 0.5) is 0 Å². The van der Waals surface area contributed by atoms with E-state index in [4.69, 9.17) is 16.3 Å². The summed E-state index contributed by atoms with van der Waals surface area (Å²) in [6.07, 6.45) is -0.516. The summed E-state index contributed by atoms with van der Waals surface area (Å²) in [6, 6.07) is 3.58. The molecular weight excluding hydrogens is 176 g/mol. The van der Waals surface area contributed by atoms with Crippen LogP contribution in [0.25, 0.3) is 0 Å². The van der Waals surface area contributed by atoms with E-state index in [0.29, 0.717) is 11.6 Å². The molecule has 3 heteroatoms. The van der Waals surface area contributed by atoms with Crippen molar-refractivity contribution in [1.29, 1.82) is 0 Å². The van der Waals surface area contributed by atoms with Crippen molar-refractivity contribution in [3.05, 3.63) is 28.3 Å². The Balaban J connectivity index is 2.60. The van der Waals surface area contributed by atoms with Crippen LogP contribution in [0.2, 0.25) is 5.02 Å². The van der Waals surface area contributed by atoms with E-state index >= 15 is 0 Å². The van der Waals surface area contributed by atoms with Gasteiger partial charge in [0.1, 0.15) is 18.5 Å². The Morgan fingerprint density at radius 1 is 1.58 bits per heavy atom. The molecule has 0 saturated carbocycles. The lowest BCUT2D eigenvalue weighted by atomic mass is 10.1. The number of halogens is 1. The van der Waals surface area contributed by atoms with E-state index in [1.54, 1.807) is 6.07 Å². The average molecular weight is 185 g/mol. The zero-order valence-corrected chi connectivity index (χ0v) is 7.43. The second kappa shape index (κ2) is 2.64. The molecule has 1 aliphatic rings. The standard InChI is InChI=1S/C9H9ClO2/c1-5-2-6(10)3-7-8(11)4-12-9(5)7/h2-3,8,11H,4H2,1H3. The Morgan fingerprint density at radius 2 is 2.33 bits per heavy atom. The highest BCUT2D eigenvalue weighted by molar-refractivity contribution is 6.30. The maximum absolute atomic E-state index is 9.45. The van der Waals surface area contributed by atoms with Gasteiger partial charge in [0.25, 0.3) is 0 Å². The van der Waals surface area contributed by atoms with Crippen LogP contribution < -0.4 is 4.74 Å². The quantitative estimate of drug-likeness (QED) is 0.669. The molecule has 1 atom stereocenters. The number of rotatable bonds is 0. The minimum Gasteiger partial charge on any atom is -0.490 e. The maximum atomic E-state index is 9.45. The summed E-state index contributed by atoms with van der Waals surface area (Å²) in [7, 11) is 0. The van der Waals surface area contributed by atoms with Gasteiger partial charge < -0.3 is 9.84 Å². The summed E-state index contributed by atoms with van der Waals surface area (Å²) in [5, 5.41) is 10.1. The van der Waals surface area contributed by atoms with Gasteiger partial charge in [0.05, 0.1) is 0 Å². The van der Waals surface area contributed by atoms with E-state index in [0.717, 1.165) is 16.9 Å². The molecule has 0 bridgehead atoms. The first-order valence-corrected chi connectivity index (χ1v) is 4.17. The Hall–Kier alpha value is -0.730. The van der Waals surface area contributed by atoms with E-state index in [1.807, 2.05) is 13.0 Å². The number of ether oxygens (including phenoxy) is 1. The van der Waals surface area contributed by atoms with Crippen LogP contribution in [0.3, 0.4) is 0 Å². The SMILES string of the molecule is Cc1cc(Cl)cc2c1OCC2O. The first-order valence-electron chi connectivity index (χ1n) is 3.79. The van der Waals surface area contributed by atoms with Gasteiger partial charge in [0.15, 0.2) is 0 Å². The zero-order valence-electron chi connectivity index (χ0n) is 6.67. The second-order valence-corrected chi connectivity index (χ2v) is 3.40. The maximum Gasteiger partial charge on any atom is 0.128 e. The van der Waals surface area contributed by atoms with Gasteiger partial charge >= 0.3 is 0 Å². The minimum atomic E-state index is -0.516. The molecule has 2 rings (SSSR count). The van der Waals surface area contributed by atoms with Crippen molar-refractivity contribution in [3.63, 3.8) is 0 Å². The highest BCUT2D eigenvalue weighted by Gasteiger charge is 2.23. The highest BCUT2D eigenvalue weighted by atomic mass is 35.5. The number of hydrogen-bond acceptors (Lipinski definition) is 2. The molecule has 0 spiro atoms. The number of hydrogen-bond donors (Lipinski definition) is 1. The van der Waals surface area contributed by atoms with E-state index in [1.165, 1.54) is 0 Å². The lowest BCUT2D eigenvalue weighted by molar-refractivity contribution is 0.140. The summed E-state index contributed by atoms with van der Waals surface area (Å²) >= 11 is 5.83. The third-order valence-corrected chi connectivity index (χ3v) is 2.23. The second-order valence-electron chi connectivity index (χ2n) is 2.97. The molecule has 1 aromatic carbocycles. The Kier molecular flexibility index (Phi) is 1.74. The number of aliphatic hydroxyl groups excluding tert-OH is 1. The van der Waals surface area contributed by atoms with Crippen LogP contribution in [0.5, 0.6) is 5.75 Å². The zero-order chi connectivity index (χ0) is 8.72. The minimum absolute atomic E-state index is 0.344. The predicted octanol–water partition coefficient (Wildman–Crippen LogP) is 2.07. The molecule has 64 valence electrons. The fourth-order valence-corrected chi connectivity index (χ4v) is 1.73. The third-order valence-electron chi connectivity index (χ3n) is 2.01. The highest BCUT2D eigenvalue weighted by Crippen LogP contribution is 2.37. The monoisotopic (exact) mass is 184 g/mol. The van der Waals surface area contributed by atoms with Crippen molar-refractivity contribution in [2.75, 3.05) is 6.61 Å². The van der Waals surface area contributed by atoms with Gasteiger partial charge in [-0.25, -0.2) is 0 Å². The molecule has 1 N–H and O–H groups in total.